The molecular weight excluding hydrogens is 444 g/mol. The molecule has 4 rings (SSSR count). The quantitative estimate of drug-likeness (QED) is 0.673. The van der Waals surface area contributed by atoms with Crippen molar-refractivity contribution in [2.75, 3.05) is 23.0 Å². The Kier molecular flexibility index (Phi) is 6.09. The van der Waals surface area contributed by atoms with Gasteiger partial charge in [0.15, 0.2) is 15.0 Å². The van der Waals surface area contributed by atoms with E-state index in [-0.39, 0.29) is 35.1 Å². The lowest BCUT2D eigenvalue weighted by Gasteiger charge is -2.24. The Balaban J connectivity index is 1.61. The fourth-order valence-corrected chi connectivity index (χ4v) is 7.72. The number of nitrogens with zero attached hydrogens (tertiary/aromatic N) is 2. The summed E-state index contributed by atoms with van der Waals surface area (Å²) in [6.07, 6.45) is 0.159. The second kappa shape index (κ2) is 8.61. The summed E-state index contributed by atoms with van der Waals surface area (Å²) in [5, 5.41) is 1.02. The molecule has 0 N–H and O–H groups in total. The zero-order chi connectivity index (χ0) is 21.3. The van der Waals surface area contributed by atoms with Crippen LogP contribution in [0.5, 0.6) is 5.75 Å². The standard InChI is InChI=1S/C21H21ClN2O4S2/c1-2-28-17-9-7-16(8-10-17)24-18-12-30(26,27)13-19(18)29-21(24)23-20(25)11-14-3-5-15(22)6-4-14/h3-10,18-19H,2,11-13H2,1H3. The summed E-state index contributed by atoms with van der Waals surface area (Å²) in [6.45, 7) is 2.48. The van der Waals surface area contributed by atoms with Gasteiger partial charge in [0.25, 0.3) is 5.91 Å². The highest BCUT2D eigenvalue weighted by Gasteiger charge is 2.49. The van der Waals surface area contributed by atoms with Crippen LogP contribution in [0.1, 0.15) is 12.5 Å². The van der Waals surface area contributed by atoms with E-state index < -0.39 is 9.84 Å². The van der Waals surface area contributed by atoms with E-state index in [1.807, 2.05) is 36.1 Å². The lowest BCUT2D eigenvalue weighted by atomic mass is 10.1. The first kappa shape index (κ1) is 21.2. The number of carbonyl (C=O) groups excluding carboxylic acids is 1. The fraction of sp³-hybridized carbons (Fsp3) is 0.333. The molecule has 9 heteroatoms. The minimum Gasteiger partial charge on any atom is -0.494 e. The third-order valence-corrected chi connectivity index (χ3v) is 8.44. The monoisotopic (exact) mass is 464 g/mol. The molecule has 30 heavy (non-hydrogen) atoms. The number of anilines is 1. The number of carbonyl (C=O) groups is 1. The zero-order valence-corrected chi connectivity index (χ0v) is 18.7. The lowest BCUT2D eigenvalue weighted by molar-refractivity contribution is -0.117. The van der Waals surface area contributed by atoms with Crippen molar-refractivity contribution < 1.29 is 17.9 Å². The Bertz CT molecular complexity index is 1070. The summed E-state index contributed by atoms with van der Waals surface area (Å²) in [5.74, 6) is 0.613. The van der Waals surface area contributed by atoms with Gasteiger partial charge in [-0.25, -0.2) is 8.42 Å². The number of amidine groups is 1. The summed E-state index contributed by atoms with van der Waals surface area (Å²) >= 11 is 7.27. The van der Waals surface area contributed by atoms with Gasteiger partial charge in [-0.2, -0.15) is 4.99 Å². The van der Waals surface area contributed by atoms with Crippen molar-refractivity contribution >= 4 is 50.0 Å². The Morgan fingerprint density at radius 1 is 1.17 bits per heavy atom. The van der Waals surface area contributed by atoms with Gasteiger partial charge in [-0.05, 0) is 48.9 Å². The fourth-order valence-electron chi connectivity index (χ4n) is 3.66. The molecule has 0 saturated carbocycles. The maximum Gasteiger partial charge on any atom is 0.252 e. The van der Waals surface area contributed by atoms with Crippen LogP contribution in [0.25, 0.3) is 0 Å². The first-order chi connectivity index (χ1) is 14.3. The molecule has 2 aromatic rings. The maximum atomic E-state index is 12.6. The highest BCUT2D eigenvalue weighted by Crippen LogP contribution is 2.41. The van der Waals surface area contributed by atoms with Gasteiger partial charge in [0, 0.05) is 16.0 Å². The Morgan fingerprint density at radius 2 is 1.87 bits per heavy atom. The third kappa shape index (κ3) is 4.66. The maximum absolute atomic E-state index is 12.6. The van der Waals surface area contributed by atoms with Crippen molar-refractivity contribution in [1.29, 1.82) is 0 Å². The SMILES string of the molecule is CCOc1ccc(N2C(=NC(=O)Cc3ccc(Cl)cc3)SC3CS(=O)(=O)CC32)cc1. The van der Waals surface area contributed by atoms with Crippen LogP contribution < -0.4 is 9.64 Å². The average molecular weight is 465 g/mol. The number of sulfone groups is 1. The van der Waals surface area contributed by atoms with Gasteiger partial charge in [0.05, 0.1) is 30.6 Å². The average Bonchev–Trinajstić information content (AvgIpc) is 3.15. The number of hydrogen-bond donors (Lipinski definition) is 0. The van der Waals surface area contributed by atoms with Crippen LogP contribution in [0.2, 0.25) is 5.02 Å². The number of benzene rings is 2. The largest absolute Gasteiger partial charge is 0.494 e. The van der Waals surface area contributed by atoms with E-state index >= 15 is 0 Å². The van der Waals surface area contributed by atoms with Crippen LogP contribution >= 0.6 is 23.4 Å². The summed E-state index contributed by atoms with van der Waals surface area (Å²) in [5.41, 5.74) is 1.63. The predicted molar refractivity (Wildman–Crippen MR) is 122 cm³/mol. The molecule has 2 aliphatic heterocycles. The van der Waals surface area contributed by atoms with Crippen molar-refractivity contribution in [2.24, 2.45) is 4.99 Å². The van der Waals surface area contributed by atoms with E-state index in [9.17, 15) is 13.2 Å². The van der Waals surface area contributed by atoms with Gasteiger partial charge >= 0.3 is 0 Å². The van der Waals surface area contributed by atoms with Crippen LogP contribution in [-0.2, 0) is 21.1 Å². The van der Waals surface area contributed by atoms with Crippen molar-refractivity contribution in [2.45, 2.75) is 24.6 Å². The highest BCUT2D eigenvalue weighted by molar-refractivity contribution is 8.16. The van der Waals surface area contributed by atoms with Gasteiger partial charge in [0.2, 0.25) is 0 Å². The summed E-state index contributed by atoms with van der Waals surface area (Å²) in [6, 6.07) is 14.3. The predicted octanol–water partition coefficient (Wildman–Crippen LogP) is 3.58. The number of halogens is 1. The molecule has 2 atom stereocenters. The van der Waals surface area contributed by atoms with Crippen LogP contribution in [0.3, 0.4) is 0 Å². The molecule has 0 spiro atoms. The molecule has 0 bridgehead atoms. The molecule has 2 heterocycles. The number of thioether (sulfide) groups is 1. The second-order valence-electron chi connectivity index (χ2n) is 7.19. The van der Waals surface area contributed by atoms with Gasteiger partial charge in [-0.1, -0.05) is 35.5 Å². The van der Waals surface area contributed by atoms with E-state index in [0.29, 0.717) is 16.8 Å². The number of rotatable bonds is 5. The van der Waals surface area contributed by atoms with Crippen molar-refractivity contribution in [3.63, 3.8) is 0 Å². The molecule has 2 unspecified atom stereocenters. The first-order valence-corrected chi connectivity index (χ1v) is 12.7. The minimum atomic E-state index is -3.11. The van der Waals surface area contributed by atoms with Gasteiger partial charge in [0.1, 0.15) is 5.75 Å². The first-order valence-electron chi connectivity index (χ1n) is 9.60. The molecule has 2 aromatic carbocycles. The van der Waals surface area contributed by atoms with E-state index in [2.05, 4.69) is 4.99 Å². The smallest absolute Gasteiger partial charge is 0.252 e. The second-order valence-corrected chi connectivity index (χ2v) is 11.0. The topological polar surface area (TPSA) is 76.0 Å². The van der Waals surface area contributed by atoms with Crippen LogP contribution in [-0.4, -0.2) is 48.9 Å². The van der Waals surface area contributed by atoms with Crippen LogP contribution in [0.15, 0.2) is 53.5 Å². The number of aliphatic imine (C=N–C) groups is 1. The number of fused-ring (bicyclic) bond motifs is 1. The number of amides is 1. The Morgan fingerprint density at radius 3 is 2.53 bits per heavy atom. The Hall–Kier alpha value is -2.03. The zero-order valence-electron chi connectivity index (χ0n) is 16.3. The molecule has 1 amide bonds. The van der Waals surface area contributed by atoms with Gasteiger partial charge in [-0.15, -0.1) is 0 Å². The van der Waals surface area contributed by atoms with Crippen molar-refractivity contribution in [3.05, 3.63) is 59.1 Å². The molecule has 2 aliphatic rings. The number of hydrogen-bond acceptors (Lipinski definition) is 5. The summed E-state index contributed by atoms with van der Waals surface area (Å²) in [7, 11) is -3.11. The van der Waals surface area contributed by atoms with E-state index in [0.717, 1.165) is 17.0 Å². The van der Waals surface area contributed by atoms with Gasteiger partial charge < -0.3 is 9.64 Å². The molecule has 0 radical (unpaired) electrons. The van der Waals surface area contributed by atoms with Crippen LogP contribution in [0, 0.1) is 0 Å². The molecule has 2 saturated heterocycles. The van der Waals surface area contributed by atoms with Gasteiger partial charge in [-0.3, -0.25) is 4.79 Å². The molecule has 158 valence electrons. The molecule has 6 nitrogen and oxygen atoms in total. The molecular formula is C21H21ClN2O4S2. The summed E-state index contributed by atoms with van der Waals surface area (Å²) < 4.78 is 29.9. The van der Waals surface area contributed by atoms with Crippen molar-refractivity contribution in [1.82, 2.24) is 0 Å². The van der Waals surface area contributed by atoms with E-state index in [1.54, 1.807) is 24.3 Å². The van der Waals surface area contributed by atoms with Crippen LogP contribution in [0.4, 0.5) is 5.69 Å². The third-order valence-electron chi connectivity index (χ3n) is 4.98. The number of ether oxygens (including phenoxy) is 1. The normalized spacial score (nSPS) is 23.5. The van der Waals surface area contributed by atoms with E-state index in [4.69, 9.17) is 16.3 Å². The lowest BCUT2D eigenvalue weighted by Crippen LogP contribution is -2.37. The molecule has 2 fully saturated rings. The highest BCUT2D eigenvalue weighted by atomic mass is 35.5. The summed E-state index contributed by atoms with van der Waals surface area (Å²) in [4.78, 5) is 18.9. The molecule has 0 aromatic heterocycles. The van der Waals surface area contributed by atoms with Crippen molar-refractivity contribution in [3.8, 4) is 5.75 Å². The Labute approximate surface area is 185 Å². The minimum absolute atomic E-state index is 0.0578. The molecule has 0 aliphatic carbocycles. The van der Waals surface area contributed by atoms with E-state index in [1.165, 1.54) is 11.8 Å².